The first-order valence-corrected chi connectivity index (χ1v) is 12.8. The molecule has 166 valence electrons. The molecular formula is C18H19N9O2S3. The van der Waals surface area contributed by atoms with Gasteiger partial charge in [-0.2, -0.15) is 5.21 Å². The molecule has 5 rings (SSSR count). The van der Waals surface area contributed by atoms with E-state index >= 15 is 0 Å². The molecule has 2 aromatic heterocycles. The number of fused-ring (bicyclic) bond motifs is 1. The van der Waals surface area contributed by atoms with Crippen LogP contribution in [0.1, 0.15) is 6.42 Å². The first-order chi connectivity index (χ1) is 15.5. The van der Waals surface area contributed by atoms with Gasteiger partial charge >= 0.3 is 0 Å². The third-order valence-corrected chi connectivity index (χ3v) is 8.41. The van der Waals surface area contributed by atoms with Gasteiger partial charge in [0.2, 0.25) is 15.8 Å². The highest BCUT2D eigenvalue weighted by Gasteiger charge is 2.29. The van der Waals surface area contributed by atoms with Crippen molar-refractivity contribution in [1.82, 2.24) is 35.6 Å². The highest BCUT2D eigenvalue weighted by molar-refractivity contribution is 7.98. The van der Waals surface area contributed by atoms with Gasteiger partial charge in [-0.15, -0.1) is 10.2 Å². The highest BCUT2D eigenvalue weighted by Crippen LogP contribution is 2.43. The Labute approximate surface area is 191 Å². The lowest BCUT2D eigenvalue weighted by atomic mass is 9.98. The van der Waals surface area contributed by atoms with Crippen LogP contribution in [0.3, 0.4) is 0 Å². The summed E-state index contributed by atoms with van der Waals surface area (Å²) in [6, 6.07) is 8.80. The Morgan fingerprint density at radius 3 is 2.81 bits per heavy atom. The van der Waals surface area contributed by atoms with Crippen molar-refractivity contribution in [2.45, 2.75) is 22.3 Å². The van der Waals surface area contributed by atoms with Gasteiger partial charge < -0.3 is 11.1 Å². The van der Waals surface area contributed by atoms with E-state index in [-0.39, 0.29) is 16.8 Å². The van der Waals surface area contributed by atoms with Gasteiger partial charge in [0.15, 0.2) is 5.13 Å². The largest absolute Gasteiger partial charge is 0.375 e. The Kier molecular flexibility index (Phi) is 5.56. The molecule has 7 N–H and O–H groups in total. The van der Waals surface area contributed by atoms with Crippen LogP contribution in [0.15, 0.2) is 40.1 Å². The van der Waals surface area contributed by atoms with Crippen molar-refractivity contribution < 1.29 is 8.42 Å². The molecule has 11 nitrogen and oxygen atoms in total. The van der Waals surface area contributed by atoms with Crippen LogP contribution in [-0.4, -0.2) is 53.2 Å². The monoisotopic (exact) mass is 489 g/mol. The molecule has 14 heteroatoms. The molecule has 1 aliphatic heterocycles. The summed E-state index contributed by atoms with van der Waals surface area (Å²) in [6.45, 7) is 1.34. The van der Waals surface area contributed by atoms with E-state index in [9.17, 15) is 8.42 Å². The molecule has 1 aliphatic rings. The smallest absolute Gasteiger partial charge is 0.242 e. The second-order valence-electron chi connectivity index (χ2n) is 7.18. The second-order valence-corrected chi connectivity index (χ2v) is 10.6. The van der Waals surface area contributed by atoms with E-state index < -0.39 is 10.0 Å². The fourth-order valence-electron chi connectivity index (χ4n) is 3.83. The number of aromatic nitrogens is 5. The van der Waals surface area contributed by atoms with Crippen LogP contribution >= 0.6 is 23.3 Å². The molecule has 4 aromatic rings. The predicted molar refractivity (Wildman–Crippen MR) is 124 cm³/mol. The summed E-state index contributed by atoms with van der Waals surface area (Å²) >= 11 is 2.20. The van der Waals surface area contributed by atoms with E-state index in [0.717, 1.165) is 28.8 Å². The average molecular weight is 490 g/mol. The molecule has 2 aromatic carbocycles. The zero-order valence-corrected chi connectivity index (χ0v) is 19.0. The van der Waals surface area contributed by atoms with Gasteiger partial charge in [-0.3, -0.25) is 5.14 Å². The quantitative estimate of drug-likeness (QED) is 0.248. The minimum Gasteiger partial charge on any atom is -0.375 e. The van der Waals surface area contributed by atoms with Gasteiger partial charge in [0.25, 0.3) is 0 Å². The van der Waals surface area contributed by atoms with Gasteiger partial charge in [-0.05, 0) is 47.8 Å². The summed E-state index contributed by atoms with van der Waals surface area (Å²) in [5, 5.41) is 23.9. The number of hydrogen-bond donors (Lipinski definition) is 5. The number of para-hydroxylation sites is 1. The van der Waals surface area contributed by atoms with Crippen molar-refractivity contribution in [3.05, 3.63) is 30.3 Å². The maximum atomic E-state index is 13.3. The Hall–Kier alpha value is -2.62. The van der Waals surface area contributed by atoms with Crippen molar-refractivity contribution in [2.24, 2.45) is 5.14 Å². The van der Waals surface area contributed by atoms with Gasteiger partial charge in [-0.25, -0.2) is 18.1 Å². The predicted octanol–water partition coefficient (Wildman–Crippen LogP) is 1.33. The summed E-state index contributed by atoms with van der Waals surface area (Å²) in [6.07, 6.45) is 0.716. The first-order valence-electron chi connectivity index (χ1n) is 9.64. The van der Waals surface area contributed by atoms with Gasteiger partial charge in [0.1, 0.15) is 0 Å². The molecule has 1 fully saturated rings. The molecule has 0 aliphatic carbocycles. The Balaban J connectivity index is 1.74. The Bertz CT molecular complexity index is 1380. The van der Waals surface area contributed by atoms with E-state index in [4.69, 9.17) is 10.9 Å². The van der Waals surface area contributed by atoms with Crippen LogP contribution < -0.4 is 20.9 Å². The van der Waals surface area contributed by atoms with Crippen molar-refractivity contribution >= 4 is 48.7 Å². The summed E-state index contributed by atoms with van der Waals surface area (Å²) in [7, 11) is -3.85. The van der Waals surface area contributed by atoms with Gasteiger partial charge in [0, 0.05) is 23.7 Å². The third-order valence-electron chi connectivity index (χ3n) is 5.21. The van der Waals surface area contributed by atoms with Crippen LogP contribution in [0.2, 0.25) is 0 Å². The number of H-pyrrole nitrogens is 1. The molecule has 0 bridgehead atoms. The van der Waals surface area contributed by atoms with Crippen molar-refractivity contribution in [2.75, 3.05) is 18.8 Å². The third kappa shape index (κ3) is 3.74. The number of rotatable bonds is 6. The van der Waals surface area contributed by atoms with Crippen LogP contribution in [-0.2, 0) is 10.0 Å². The zero-order chi connectivity index (χ0) is 22.3. The van der Waals surface area contributed by atoms with E-state index in [1.54, 1.807) is 12.1 Å². The SMILES string of the molecule is NSc1c(S(=O)(=O)NC2CCNC2)ccc(-c2cccc3sc(N)nc23)c1-c1nn[nH]n1. The molecule has 0 saturated carbocycles. The molecule has 1 saturated heterocycles. The molecule has 0 amide bonds. The fraction of sp³-hybridized carbons (Fsp3) is 0.222. The van der Waals surface area contributed by atoms with Crippen molar-refractivity contribution in [1.29, 1.82) is 0 Å². The molecule has 32 heavy (non-hydrogen) atoms. The Morgan fingerprint density at radius 2 is 2.09 bits per heavy atom. The topological polar surface area (TPSA) is 178 Å². The van der Waals surface area contributed by atoms with E-state index in [1.165, 1.54) is 11.3 Å². The van der Waals surface area contributed by atoms with Gasteiger partial charge in [-0.1, -0.05) is 29.5 Å². The van der Waals surface area contributed by atoms with Crippen LogP contribution in [0.4, 0.5) is 5.13 Å². The number of nitrogens with zero attached hydrogens (tertiary/aromatic N) is 4. The lowest BCUT2D eigenvalue weighted by molar-refractivity contribution is 0.558. The fourth-order valence-corrected chi connectivity index (χ4v) is 6.93. The van der Waals surface area contributed by atoms with E-state index in [1.807, 2.05) is 18.2 Å². The molecule has 3 heterocycles. The minimum absolute atomic E-state index is 0.0606. The number of benzene rings is 2. The zero-order valence-electron chi connectivity index (χ0n) is 16.6. The number of anilines is 1. The lowest BCUT2D eigenvalue weighted by Gasteiger charge is -2.18. The number of tetrazole rings is 1. The Morgan fingerprint density at radius 1 is 1.22 bits per heavy atom. The number of sulfonamides is 1. The molecule has 0 radical (unpaired) electrons. The first kappa shape index (κ1) is 21.2. The molecule has 0 spiro atoms. The number of nitrogen functional groups attached to an aromatic ring is 1. The number of hydrogen-bond acceptors (Lipinski definition) is 11. The van der Waals surface area contributed by atoms with Crippen LogP contribution in [0, 0.1) is 0 Å². The number of thiazole rings is 1. The minimum atomic E-state index is -3.85. The highest BCUT2D eigenvalue weighted by atomic mass is 32.2. The van der Waals surface area contributed by atoms with Crippen molar-refractivity contribution in [3.63, 3.8) is 0 Å². The van der Waals surface area contributed by atoms with E-state index in [0.29, 0.717) is 39.6 Å². The van der Waals surface area contributed by atoms with Crippen LogP contribution in [0.25, 0.3) is 32.7 Å². The molecule has 1 atom stereocenters. The maximum absolute atomic E-state index is 13.3. The maximum Gasteiger partial charge on any atom is 0.242 e. The van der Waals surface area contributed by atoms with E-state index in [2.05, 4.69) is 35.6 Å². The summed E-state index contributed by atoms with van der Waals surface area (Å²) < 4.78 is 30.2. The standard InChI is InChI=1S/C18H19N9O2S3/c19-18-22-15-11(2-1-3-12(15)30-18)10-4-5-13(32(28,29)25-9-6-7-21-8-9)16(31-20)14(10)17-23-26-27-24-17/h1-5,9,21,25H,6-8,20H2,(H2,19,22)(H,23,24,26,27). The molecular weight excluding hydrogens is 470 g/mol. The summed E-state index contributed by atoms with van der Waals surface area (Å²) in [5.41, 5.74) is 8.54. The lowest BCUT2D eigenvalue weighted by Crippen LogP contribution is -2.36. The molecule has 1 unspecified atom stereocenters. The van der Waals surface area contributed by atoms with Crippen LogP contribution in [0.5, 0.6) is 0 Å². The summed E-state index contributed by atoms with van der Waals surface area (Å²) in [5.74, 6) is 0.229. The normalized spacial score (nSPS) is 16.7. The number of nitrogens with one attached hydrogen (secondary N) is 3. The van der Waals surface area contributed by atoms with Gasteiger partial charge in [0.05, 0.1) is 20.0 Å². The average Bonchev–Trinajstić information content (AvgIpc) is 3.53. The number of nitrogens with two attached hydrogens (primary N) is 2. The summed E-state index contributed by atoms with van der Waals surface area (Å²) in [4.78, 5) is 4.85. The number of aromatic amines is 1. The van der Waals surface area contributed by atoms with Crippen molar-refractivity contribution in [3.8, 4) is 22.5 Å². The second kappa shape index (κ2) is 8.38.